The number of carbonyl (C=O) groups is 2. The van der Waals surface area contributed by atoms with Crippen molar-refractivity contribution in [2.45, 2.75) is 31.1 Å². The van der Waals surface area contributed by atoms with Gasteiger partial charge in [0.05, 0.1) is 15.6 Å². The van der Waals surface area contributed by atoms with Crippen LogP contribution in [0.1, 0.15) is 33.5 Å². The van der Waals surface area contributed by atoms with E-state index in [2.05, 4.69) is 12.2 Å². The van der Waals surface area contributed by atoms with E-state index in [-0.39, 0.29) is 15.6 Å². The van der Waals surface area contributed by atoms with Crippen molar-refractivity contribution in [2.75, 3.05) is 18.2 Å². The molecule has 1 heterocycles. The number of halogens is 1. The lowest BCUT2D eigenvalue weighted by atomic mass is 9.90. The minimum absolute atomic E-state index is 0.0302. The number of anilines is 1. The number of hydrogen-bond donors (Lipinski definition) is 1. The molecule has 1 N–H and O–H groups in total. The highest BCUT2D eigenvalue weighted by Gasteiger charge is 2.22. The first-order valence-corrected chi connectivity index (χ1v) is 11.8. The summed E-state index contributed by atoms with van der Waals surface area (Å²) in [6, 6.07) is 5.86. The van der Waals surface area contributed by atoms with Crippen LogP contribution in [0.15, 0.2) is 29.2 Å². The van der Waals surface area contributed by atoms with Crippen molar-refractivity contribution in [1.82, 2.24) is 0 Å². The van der Waals surface area contributed by atoms with Gasteiger partial charge in [0.25, 0.3) is 5.91 Å². The summed E-state index contributed by atoms with van der Waals surface area (Å²) < 4.78 is 28.4. The van der Waals surface area contributed by atoms with E-state index in [9.17, 15) is 18.0 Å². The third-order valence-corrected chi connectivity index (χ3v) is 7.16. The number of hydrogen-bond acceptors (Lipinski definition) is 6. The Morgan fingerprint density at radius 1 is 1.32 bits per heavy atom. The number of benzene rings is 1. The lowest BCUT2D eigenvalue weighted by Crippen LogP contribution is -2.21. The van der Waals surface area contributed by atoms with Crippen molar-refractivity contribution in [1.29, 1.82) is 0 Å². The zero-order valence-corrected chi connectivity index (χ0v) is 17.8. The molecule has 6 nitrogen and oxygen atoms in total. The summed E-state index contributed by atoms with van der Waals surface area (Å²) in [5.74, 6) is -0.543. The maximum Gasteiger partial charge on any atom is 0.348 e. The van der Waals surface area contributed by atoms with E-state index in [0.717, 1.165) is 25.5 Å². The predicted octanol–water partition coefficient (Wildman–Crippen LogP) is 3.73. The van der Waals surface area contributed by atoms with Crippen LogP contribution in [0.2, 0.25) is 5.02 Å². The Kier molecular flexibility index (Phi) is 6.12. The number of amides is 1. The Morgan fingerprint density at radius 2 is 2.07 bits per heavy atom. The number of esters is 1. The topological polar surface area (TPSA) is 89.5 Å². The molecule has 0 saturated carbocycles. The molecule has 0 bridgehead atoms. The molecule has 1 atom stereocenters. The molecule has 0 unspecified atom stereocenters. The van der Waals surface area contributed by atoms with Crippen LogP contribution in [0.3, 0.4) is 0 Å². The Balaban J connectivity index is 1.61. The Morgan fingerprint density at radius 3 is 2.79 bits per heavy atom. The molecule has 1 aliphatic rings. The van der Waals surface area contributed by atoms with E-state index in [1.807, 2.05) is 6.07 Å². The number of rotatable bonds is 5. The van der Waals surface area contributed by atoms with Gasteiger partial charge in [-0.2, -0.15) is 0 Å². The number of nitrogens with one attached hydrogen (secondary N) is 1. The third kappa shape index (κ3) is 4.92. The minimum atomic E-state index is -3.44. The quantitative estimate of drug-likeness (QED) is 0.714. The normalized spacial score (nSPS) is 16.3. The van der Waals surface area contributed by atoms with Crippen LogP contribution in [-0.4, -0.2) is 33.2 Å². The molecular formula is C19H20ClNO5S2. The lowest BCUT2D eigenvalue weighted by molar-refractivity contribution is -0.119. The summed E-state index contributed by atoms with van der Waals surface area (Å²) in [7, 11) is -3.44. The van der Waals surface area contributed by atoms with E-state index in [4.69, 9.17) is 16.3 Å². The SMILES string of the molecule is C[C@@H]1CCc2sc(C(=O)OCC(=O)Nc3cc(S(C)(=O)=O)ccc3Cl)cc2C1. The molecule has 1 amide bonds. The second-order valence-electron chi connectivity index (χ2n) is 6.95. The maximum atomic E-state index is 12.3. The van der Waals surface area contributed by atoms with E-state index < -0.39 is 28.3 Å². The first-order chi connectivity index (χ1) is 13.1. The van der Waals surface area contributed by atoms with E-state index in [0.29, 0.717) is 10.8 Å². The van der Waals surface area contributed by atoms with E-state index >= 15 is 0 Å². The lowest BCUT2D eigenvalue weighted by Gasteiger charge is -2.16. The summed E-state index contributed by atoms with van der Waals surface area (Å²) in [5.41, 5.74) is 1.33. The van der Waals surface area contributed by atoms with Crippen LogP contribution in [0.4, 0.5) is 5.69 Å². The molecule has 1 aromatic carbocycles. The fourth-order valence-corrected chi connectivity index (χ4v) is 4.94. The first kappa shape index (κ1) is 20.8. The van der Waals surface area contributed by atoms with E-state index in [1.165, 1.54) is 40.0 Å². The number of sulfone groups is 1. The zero-order valence-electron chi connectivity index (χ0n) is 15.5. The number of carbonyl (C=O) groups excluding carboxylic acids is 2. The highest BCUT2D eigenvalue weighted by molar-refractivity contribution is 7.90. The van der Waals surface area contributed by atoms with Gasteiger partial charge in [-0.15, -0.1) is 11.3 Å². The van der Waals surface area contributed by atoms with Crippen molar-refractivity contribution in [2.24, 2.45) is 5.92 Å². The standard InChI is InChI=1S/C19H20ClNO5S2/c1-11-3-6-16-12(7-11)8-17(27-16)19(23)26-10-18(22)21-15-9-13(28(2,24)25)4-5-14(15)20/h4-5,8-9,11H,3,6-7,10H2,1-2H3,(H,21,22)/t11-/m1/s1. The van der Waals surface area contributed by atoms with Crippen molar-refractivity contribution in [3.05, 3.63) is 44.6 Å². The zero-order chi connectivity index (χ0) is 20.5. The van der Waals surface area contributed by atoms with Crippen molar-refractivity contribution < 1.29 is 22.7 Å². The molecule has 0 spiro atoms. The Labute approximate surface area is 172 Å². The van der Waals surface area contributed by atoms with Crippen LogP contribution in [0, 0.1) is 5.92 Å². The third-order valence-electron chi connectivity index (χ3n) is 4.50. The van der Waals surface area contributed by atoms with Gasteiger partial charge in [-0.25, -0.2) is 13.2 Å². The maximum absolute atomic E-state index is 12.3. The molecular weight excluding hydrogens is 422 g/mol. The molecule has 1 aromatic heterocycles. The van der Waals surface area contributed by atoms with Crippen LogP contribution in [-0.2, 0) is 32.2 Å². The number of thiophene rings is 1. The summed E-state index contributed by atoms with van der Waals surface area (Å²) in [6.45, 7) is 1.70. The van der Waals surface area contributed by atoms with Gasteiger partial charge in [-0.1, -0.05) is 18.5 Å². The minimum Gasteiger partial charge on any atom is -0.451 e. The van der Waals surface area contributed by atoms with Gasteiger partial charge in [0.15, 0.2) is 16.4 Å². The van der Waals surface area contributed by atoms with E-state index in [1.54, 1.807) is 0 Å². The number of ether oxygens (including phenoxy) is 1. The first-order valence-electron chi connectivity index (χ1n) is 8.71. The van der Waals surface area contributed by atoms with Gasteiger partial charge < -0.3 is 10.1 Å². The number of fused-ring (bicyclic) bond motifs is 1. The molecule has 28 heavy (non-hydrogen) atoms. The summed E-state index contributed by atoms with van der Waals surface area (Å²) >= 11 is 7.42. The fraction of sp³-hybridized carbons (Fsp3) is 0.368. The molecule has 9 heteroatoms. The Bertz CT molecular complexity index is 1030. The largest absolute Gasteiger partial charge is 0.451 e. The van der Waals surface area contributed by atoms with Crippen LogP contribution < -0.4 is 5.32 Å². The van der Waals surface area contributed by atoms with Gasteiger partial charge in [0, 0.05) is 11.1 Å². The van der Waals surface area contributed by atoms with Gasteiger partial charge >= 0.3 is 5.97 Å². The second-order valence-corrected chi connectivity index (χ2v) is 10.5. The van der Waals surface area contributed by atoms with Crippen LogP contribution in [0.5, 0.6) is 0 Å². The van der Waals surface area contributed by atoms with Gasteiger partial charge in [-0.05, 0) is 55.0 Å². The highest BCUT2D eigenvalue weighted by atomic mass is 35.5. The molecule has 0 saturated heterocycles. The highest BCUT2D eigenvalue weighted by Crippen LogP contribution is 2.32. The molecule has 0 fully saturated rings. The van der Waals surface area contributed by atoms with Crippen LogP contribution in [0.25, 0.3) is 0 Å². The van der Waals surface area contributed by atoms with Crippen molar-refractivity contribution in [3.8, 4) is 0 Å². The Hall–Kier alpha value is -1.90. The summed E-state index contributed by atoms with van der Waals surface area (Å²) in [5, 5.41) is 2.66. The predicted molar refractivity (Wildman–Crippen MR) is 109 cm³/mol. The summed E-state index contributed by atoms with van der Waals surface area (Å²) in [6.07, 6.45) is 4.08. The van der Waals surface area contributed by atoms with Gasteiger partial charge in [-0.3, -0.25) is 4.79 Å². The fourth-order valence-electron chi connectivity index (χ4n) is 3.03. The smallest absolute Gasteiger partial charge is 0.348 e. The molecule has 1 aliphatic carbocycles. The monoisotopic (exact) mass is 441 g/mol. The van der Waals surface area contributed by atoms with Crippen molar-refractivity contribution in [3.63, 3.8) is 0 Å². The molecule has 0 aliphatic heterocycles. The van der Waals surface area contributed by atoms with Crippen LogP contribution >= 0.6 is 22.9 Å². The molecule has 3 rings (SSSR count). The molecule has 0 radical (unpaired) electrons. The van der Waals surface area contributed by atoms with Gasteiger partial charge in [0.2, 0.25) is 0 Å². The molecule has 150 valence electrons. The van der Waals surface area contributed by atoms with Gasteiger partial charge in [0.1, 0.15) is 4.88 Å². The number of aryl methyl sites for hydroxylation is 1. The second kappa shape index (κ2) is 8.23. The average Bonchev–Trinajstić information content (AvgIpc) is 3.03. The molecule has 2 aromatic rings. The average molecular weight is 442 g/mol. The summed E-state index contributed by atoms with van der Waals surface area (Å²) in [4.78, 5) is 26.1. The van der Waals surface area contributed by atoms with Crippen molar-refractivity contribution >= 4 is 50.3 Å².